The fourth-order valence-corrected chi connectivity index (χ4v) is 3.10. The number of aliphatic hydroxyl groups is 1. The second-order valence-corrected chi connectivity index (χ2v) is 5.46. The van der Waals surface area contributed by atoms with Crippen LogP contribution in [-0.2, 0) is 0 Å². The van der Waals surface area contributed by atoms with E-state index in [-0.39, 0.29) is 0 Å². The van der Waals surface area contributed by atoms with Crippen molar-refractivity contribution in [2.75, 3.05) is 4.90 Å². The zero-order chi connectivity index (χ0) is 14.0. The number of nitrogens with zero attached hydrogens (tertiary/aromatic N) is 2. The quantitative estimate of drug-likeness (QED) is 0.904. The normalized spacial score (nSPS) is 24.3. The molecule has 0 radical (unpaired) electrons. The van der Waals surface area contributed by atoms with Crippen LogP contribution in [-0.4, -0.2) is 17.2 Å². The SMILES string of the molecule is CCC1CCC(C)N1c1cc(C#N)ccc1[C@H](C)O. The van der Waals surface area contributed by atoms with Crippen LogP contribution in [0.2, 0.25) is 0 Å². The summed E-state index contributed by atoms with van der Waals surface area (Å²) in [6.07, 6.45) is 2.95. The maximum atomic E-state index is 9.96. The van der Waals surface area contributed by atoms with E-state index in [1.165, 1.54) is 12.8 Å². The maximum absolute atomic E-state index is 9.96. The summed E-state index contributed by atoms with van der Waals surface area (Å²) in [5.74, 6) is 0. The number of anilines is 1. The molecule has 0 aliphatic carbocycles. The van der Waals surface area contributed by atoms with Gasteiger partial charge < -0.3 is 10.0 Å². The summed E-state index contributed by atoms with van der Waals surface area (Å²) in [5.41, 5.74) is 2.62. The topological polar surface area (TPSA) is 47.3 Å². The minimum absolute atomic E-state index is 0.469. The predicted molar refractivity (Wildman–Crippen MR) is 77.0 cm³/mol. The van der Waals surface area contributed by atoms with Crippen LogP contribution in [0.4, 0.5) is 5.69 Å². The molecule has 1 saturated heterocycles. The summed E-state index contributed by atoms with van der Waals surface area (Å²) in [4.78, 5) is 2.39. The molecule has 1 aromatic rings. The molecule has 2 unspecified atom stereocenters. The molecule has 0 amide bonds. The van der Waals surface area contributed by atoms with Gasteiger partial charge in [0, 0.05) is 23.3 Å². The Morgan fingerprint density at radius 3 is 2.79 bits per heavy atom. The Balaban J connectivity index is 2.49. The van der Waals surface area contributed by atoms with Gasteiger partial charge in [0.15, 0.2) is 0 Å². The van der Waals surface area contributed by atoms with Crippen LogP contribution >= 0.6 is 0 Å². The molecular weight excluding hydrogens is 236 g/mol. The van der Waals surface area contributed by atoms with E-state index in [1.54, 1.807) is 13.0 Å². The van der Waals surface area contributed by atoms with Crippen molar-refractivity contribution in [3.05, 3.63) is 29.3 Å². The fraction of sp³-hybridized carbons (Fsp3) is 0.562. The predicted octanol–water partition coefficient (Wildman–Crippen LogP) is 3.38. The molecule has 1 aliphatic heterocycles. The van der Waals surface area contributed by atoms with Gasteiger partial charge in [0.25, 0.3) is 0 Å². The Morgan fingerprint density at radius 1 is 1.47 bits per heavy atom. The smallest absolute Gasteiger partial charge is 0.0992 e. The van der Waals surface area contributed by atoms with Crippen molar-refractivity contribution in [2.45, 2.75) is 58.2 Å². The summed E-state index contributed by atoms with van der Waals surface area (Å²) in [6.45, 7) is 6.21. The van der Waals surface area contributed by atoms with Gasteiger partial charge in [-0.3, -0.25) is 0 Å². The van der Waals surface area contributed by atoms with Gasteiger partial charge >= 0.3 is 0 Å². The van der Waals surface area contributed by atoms with E-state index in [9.17, 15) is 5.11 Å². The lowest BCUT2D eigenvalue weighted by atomic mass is 10.0. The number of nitriles is 1. The van der Waals surface area contributed by atoms with E-state index in [0.717, 1.165) is 17.7 Å². The van der Waals surface area contributed by atoms with Gasteiger partial charge in [-0.05, 0) is 45.2 Å². The van der Waals surface area contributed by atoms with Gasteiger partial charge in [-0.2, -0.15) is 5.26 Å². The van der Waals surface area contributed by atoms with Crippen molar-refractivity contribution in [3.8, 4) is 6.07 Å². The molecule has 1 aliphatic rings. The summed E-state index contributed by atoms with van der Waals surface area (Å²) >= 11 is 0. The van der Waals surface area contributed by atoms with Crippen molar-refractivity contribution in [1.82, 2.24) is 0 Å². The molecule has 0 aromatic heterocycles. The van der Waals surface area contributed by atoms with Crippen LogP contribution in [0.25, 0.3) is 0 Å². The van der Waals surface area contributed by atoms with Gasteiger partial charge in [0.1, 0.15) is 0 Å². The molecule has 3 heteroatoms. The molecule has 1 aromatic carbocycles. The molecule has 0 saturated carbocycles. The molecule has 19 heavy (non-hydrogen) atoms. The van der Waals surface area contributed by atoms with Crippen LogP contribution in [0.1, 0.15) is 57.3 Å². The third-order valence-electron chi connectivity index (χ3n) is 4.14. The molecule has 3 nitrogen and oxygen atoms in total. The molecular formula is C16H22N2O. The zero-order valence-corrected chi connectivity index (χ0v) is 11.9. The first-order valence-electron chi connectivity index (χ1n) is 7.09. The highest BCUT2D eigenvalue weighted by Crippen LogP contribution is 2.36. The number of rotatable bonds is 3. The van der Waals surface area contributed by atoms with E-state index >= 15 is 0 Å². The summed E-state index contributed by atoms with van der Waals surface area (Å²) in [6, 6.07) is 8.77. The monoisotopic (exact) mass is 258 g/mol. The molecule has 1 heterocycles. The van der Waals surface area contributed by atoms with E-state index in [4.69, 9.17) is 5.26 Å². The molecule has 1 fully saturated rings. The largest absolute Gasteiger partial charge is 0.389 e. The van der Waals surface area contributed by atoms with Crippen molar-refractivity contribution >= 4 is 5.69 Å². The van der Waals surface area contributed by atoms with E-state index in [0.29, 0.717) is 17.6 Å². The Morgan fingerprint density at radius 2 is 2.21 bits per heavy atom. The highest BCUT2D eigenvalue weighted by molar-refractivity contribution is 5.60. The first-order chi connectivity index (χ1) is 9.08. The highest BCUT2D eigenvalue weighted by Gasteiger charge is 2.31. The third kappa shape index (κ3) is 2.59. The second kappa shape index (κ2) is 5.63. The van der Waals surface area contributed by atoms with Crippen molar-refractivity contribution in [2.24, 2.45) is 0 Å². The van der Waals surface area contributed by atoms with Crippen LogP contribution in [0.5, 0.6) is 0 Å². The fourth-order valence-electron chi connectivity index (χ4n) is 3.10. The molecule has 0 spiro atoms. The average molecular weight is 258 g/mol. The lowest BCUT2D eigenvalue weighted by Gasteiger charge is -2.33. The van der Waals surface area contributed by atoms with Crippen LogP contribution in [0.3, 0.4) is 0 Å². The van der Waals surface area contributed by atoms with Crippen molar-refractivity contribution in [3.63, 3.8) is 0 Å². The summed E-state index contributed by atoms with van der Waals surface area (Å²) in [5, 5.41) is 19.1. The second-order valence-electron chi connectivity index (χ2n) is 5.46. The minimum atomic E-state index is -0.506. The molecule has 3 atom stereocenters. The number of hydrogen-bond acceptors (Lipinski definition) is 3. The Bertz CT molecular complexity index is 490. The minimum Gasteiger partial charge on any atom is -0.389 e. The van der Waals surface area contributed by atoms with E-state index in [1.807, 2.05) is 12.1 Å². The molecule has 1 N–H and O–H groups in total. The lowest BCUT2D eigenvalue weighted by Crippen LogP contribution is -2.35. The number of hydrogen-bond donors (Lipinski definition) is 1. The van der Waals surface area contributed by atoms with Gasteiger partial charge in [-0.25, -0.2) is 0 Å². The molecule has 102 valence electrons. The van der Waals surface area contributed by atoms with Gasteiger partial charge in [-0.1, -0.05) is 13.0 Å². The summed E-state index contributed by atoms with van der Waals surface area (Å²) in [7, 11) is 0. The Kier molecular flexibility index (Phi) is 4.11. The van der Waals surface area contributed by atoms with Crippen molar-refractivity contribution < 1.29 is 5.11 Å². The first-order valence-corrected chi connectivity index (χ1v) is 7.09. The van der Waals surface area contributed by atoms with Crippen LogP contribution < -0.4 is 4.90 Å². The van der Waals surface area contributed by atoms with E-state index in [2.05, 4.69) is 24.8 Å². The first kappa shape index (κ1) is 13.9. The Hall–Kier alpha value is -1.53. The zero-order valence-electron chi connectivity index (χ0n) is 11.9. The third-order valence-corrected chi connectivity index (χ3v) is 4.14. The maximum Gasteiger partial charge on any atom is 0.0992 e. The highest BCUT2D eigenvalue weighted by atomic mass is 16.3. The molecule has 2 rings (SSSR count). The van der Waals surface area contributed by atoms with Crippen molar-refractivity contribution in [1.29, 1.82) is 5.26 Å². The van der Waals surface area contributed by atoms with Crippen LogP contribution in [0.15, 0.2) is 18.2 Å². The number of aliphatic hydroxyl groups excluding tert-OH is 1. The van der Waals surface area contributed by atoms with Gasteiger partial charge in [0.2, 0.25) is 0 Å². The molecule has 0 bridgehead atoms. The van der Waals surface area contributed by atoms with Gasteiger partial charge in [-0.15, -0.1) is 0 Å². The lowest BCUT2D eigenvalue weighted by molar-refractivity contribution is 0.199. The van der Waals surface area contributed by atoms with Gasteiger partial charge in [0.05, 0.1) is 17.7 Å². The summed E-state index contributed by atoms with van der Waals surface area (Å²) < 4.78 is 0. The van der Waals surface area contributed by atoms with Crippen LogP contribution in [0, 0.1) is 11.3 Å². The number of benzene rings is 1. The average Bonchev–Trinajstić information content (AvgIpc) is 2.78. The Labute approximate surface area is 115 Å². The van der Waals surface area contributed by atoms with E-state index < -0.39 is 6.10 Å². The standard InChI is InChI=1S/C16H22N2O/c1-4-14-7-5-11(2)18(14)16-9-13(10-17)6-8-15(16)12(3)19/h6,8-9,11-12,14,19H,4-5,7H2,1-3H3/t11?,12-,14?/m0/s1.